The van der Waals surface area contributed by atoms with Crippen LogP contribution >= 0.6 is 11.6 Å². The first kappa shape index (κ1) is 15.1. The number of ether oxygens (including phenoxy) is 1. The van der Waals surface area contributed by atoms with Crippen molar-refractivity contribution >= 4 is 11.6 Å². The number of hydrogen-bond acceptors (Lipinski definition) is 3. The number of halogens is 1. The van der Waals surface area contributed by atoms with Crippen LogP contribution in [0, 0.1) is 0 Å². The minimum Gasteiger partial charge on any atom is -0.467 e. The van der Waals surface area contributed by atoms with Gasteiger partial charge in [0.2, 0.25) is 0 Å². The molecule has 0 aliphatic heterocycles. The Labute approximate surface area is 124 Å². The molecule has 1 aromatic carbocycles. The van der Waals surface area contributed by atoms with Crippen LogP contribution in [0.25, 0.3) is 0 Å². The van der Waals surface area contributed by atoms with Crippen LogP contribution in [-0.4, -0.2) is 6.54 Å². The zero-order valence-corrected chi connectivity index (χ0v) is 12.5. The van der Waals surface area contributed by atoms with Crippen molar-refractivity contribution in [2.75, 3.05) is 6.54 Å². The van der Waals surface area contributed by atoms with E-state index < -0.39 is 0 Å². The van der Waals surface area contributed by atoms with Gasteiger partial charge in [-0.05, 0) is 36.7 Å². The van der Waals surface area contributed by atoms with Gasteiger partial charge in [0, 0.05) is 17.1 Å². The van der Waals surface area contributed by atoms with Gasteiger partial charge in [0.15, 0.2) is 0 Å². The fourth-order valence-corrected chi connectivity index (χ4v) is 2.15. The van der Waals surface area contributed by atoms with Crippen molar-refractivity contribution in [2.24, 2.45) is 0 Å². The molecule has 108 valence electrons. The fraction of sp³-hybridized carbons (Fsp3) is 0.375. The molecule has 20 heavy (non-hydrogen) atoms. The molecular weight excluding hydrogens is 274 g/mol. The Morgan fingerprint density at radius 2 is 2.15 bits per heavy atom. The standard InChI is InChI=1S/C16H20ClNO2/c1-2-7-18-10-14-6-8-20-16(14)12-19-11-13-4-3-5-15(17)9-13/h3-6,8-9,18H,2,7,10-12H2,1H3. The molecule has 0 radical (unpaired) electrons. The Hall–Kier alpha value is -1.29. The quantitative estimate of drug-likeness (QED) is 0.743. The third-order valence-electron chi connectivity index (χ3n) is 2.97. The van der Waals surface area contributed by atoms with Gasteiger partial charge in [-0.3, -0.25) is 0 Å². The molecule has 0 spiro atoms. The maximum atomic E-state index is 5.94. The maximum absolute atomic E-state index is 5.94. The van der Waals surface area contributed by atoms with E-state index in [9.17, 15) is 0 Å². The highest BCUT2D eigenvalue weighted by molar-refractivity contribution is 6.30. The lowest BCUT2D eigenvalue weighted by Gasteiger charge is -2.06. The van der Waals surface area contributed by atoms with E-state index in [0.29, 0.717) is 13.2 Å². The maximum Gasteiger partial charge on any atom is 0.133 e. The fourth-order valence-electron chi connectivity index (χ4n) is 1.94. The van der Waals surface area contributed by atoms with Crippen molar-refractivity contribution in [1.82, 2.24) is 5.32 Å². The molecule has 0 aliphatic rings. The first-order valence-electron chi connectivity index (χ1n) is 6.87. The Bertz CT molecular complexity index is 525. The molecule has 1 aromatic heterocycles. The van der Waals surface area contributed by atoms with Crippen LogP contribution in [0.1, 0.15) is 30.2 Å². The van der Waals surface area contributed by atoms with Gasteiger partial charge in [-0.25, -0.2) is 0 Å². The van der Waals surface area contributed by atoms with Crippen molar-refractivity contribution in [3.63, 3.8) is 0 Å². The summed E-state index contributed by atoms with van der Waals surface area (Å²) in [4.78, 5) is 0. The van der Waals surface area contributed by atoms with Gasteiger partial charge in [0.1, 0.15) is 12.4 Å². The van der Waals surface area contributed by atoms with E-state index in [1.54, 1.807) is 6.26 Å². The average molecular weight is 294 g/mol. The molecule has 1 N–H and O–H groups in total. The summed E-state index contributed by atoms with van der Waals surface area (Å²) in [5.41, 5.74) is 2.22. The Morgan fingerprint density at radius 3 is 2.95 bits per heavy atom. The lowest BCUT2D eigenvalue weighted by Crippen LogP contribution is -2.14. The summed E-state index contributed by atoms with van der Waals surface area (Å²) in [6, 6.07) is 9.68. The summed E-state index contributed by atoms with van der Waals surface area (Å²) in [5, 5.41) is 4.09. The number of furan rings is 1. The first-order valence-corrected chi connectivity index (χ1v) is 7.25. The molecule has 2 rings (SSSR count). The summed E-state index contributed by atoms with van der Waals surface area (Å²) in [7, 11) is 0. The highest BCUT2D eigenvalue weighted by Crippen LogP contribution is 2.15. The molecule has 0 bridgehead atoms. The van der Waals surface area contributed by atoms with E-state index in [4.69, 9.17) is 20.8 Å². The Balaban J connectivity index is 1.80. The van der Waals surface area contributed by atoms with Gasteiger partial charge in [-0.2, -0.15) is 0 Å². The molecule has 0 fully saturated rings. The third kappa shape index (κ3) is 4.67. The lowest BCUT2D eigenvalue weighted by molar-refractivity contribution is 0.0921. The summed E-state index contributed by atoms with van der Waals surface area (Å²) in [5.74, 6) is 0.885. The molecule has 0 unspecified atom stereocenters. The zero-order chi connectivity index (χ0) is 14.2. The number of benzene rings is 1. The van der Waals surface area contributed by atoms with Crippen LogP contribution in [0.3, 0.4) is 0 Å². The largest absolute Gasteiger partial charge is 0.467 e. The van der Waals surface area contributed by atoms with E-state index in [2.05, 4.69) is 12.2 Å². The second-order valence-electron chi connectivity index (χ2n) is 4.67. The molecule has 0 amide bonds. The summed E-state index contributed by atoms with van der Waals surface area (Å²) in [6.07, 6.45) is 2.83. The zero-order valence-electron chi connectivity index (χ0n) is 11.7. The normalized spacial score (nSPS) is 10.9. The lowest BCUT2D eigenvalue weighted by atomic mass is 10.2. The van der Waals surface area contributed by atoms with Crippen LogP contribution in [0.15, 0.2) is 41.0 Å². The summed E-state index contributed by atoms with van der Waals surface area (Å²) < 4.78 is 11.2. The van der Waals surface area contributed by atoms with Crippen molar-refractivity contribution in [2.45, 2.75) is 33.1 Å². The highest BCUT2D eigenvalue weighted by atomic mass is 35.5. The smallest absolute Gasteiger partial charge is 0.133 e. The topological polar surface area (TPSA) is 34.4 Å². The van der Waals surface area contributed by atoms with E-state index in [1.165, 1.54) is 0 Å². The van der Waals surface area contributed by atoms with Gasteiger partial charge in [-0.1, -0.05) is 30.7 Å². The Kier molecular flexibility index (Phi) is 6.12. The van der Waals surface area contributed by atoms with Crippen LogP contribution in [0.4, 0.5) is 0 Å². The highest BCUT2D eigenvalue weighted by Gasteiger charge is 2.06. The molecule has 2 aromatic rings. The first-order chi connectivity index (χ1) is 9.79. The van der Waals surface area contributed by atoms with E-state index in [1.807, 2.05) is 30.3 Å². The van der Waals surface area contributed by atoms with Crippen LogP contribution in [-0.2, 0) is 24.5 Å². The molecule has 0 atom stereocenters. The molecular formula is C16H20ClNO2. The van der Waals surface area contributed by atoms with Crippen molar-refractivity contribution < 1.29 is 9.15 Å². The van der Waals surface area contributed by atoms with Crippen LogP contribution in [0.2, 0.25) is 5.02 Å². The molecule has 0 saturated heterocycles. The van der Waals surface area contributed by atoms with Crippen molar-refractivity contribution in [3.05, 3.63) is 58.5 Å². The van der Waals surface area contributed by atoms with Crippen molar-refractivity contribution in [1.29, 1.82) is 0 Å². The summed E-state index contributed by atoms with van der Waals surface area (Å²) >= 11 is 5.94. The molecule has 1 heterocycles. The van der Waals surface area contributed by atoms with Crippen LogP contribution < -0.4 is 5.32 Å². The summed E-state index contributed by atoms with van der Waals surface area (Å²) in [6.45, 7) is 4.98. The molecule has 0 aliphatic carbocycles. The average Bonchev–Trinajstić information content (AvgIpc) is 2.87. The van der Waals surface area contributed by atoms with E-state index >= 15 is 0 Å². The van der Waals surface area contributed by atoms with Gasteiger partial charge in [0.25, 0.3) is 0 Å². The monoisotopic (exact) mass is 293 g/mol. The van der Waals surface area contributed by atoms with E-state index in [-0.39, 0.29) is 0 Å². The molecule has 4 heteroatoms. The van der Waals surface area contributed by atoms with Gasteiger partial charge < -0.3 is 14.5 Å². The third-order valence-corrected chi connectivity index (χ3v) is 3.21. The number of nitrogens with one attached hydrogen (secondary N) is 1. The number of hydrogen-bond donors (Lipinski definition) is 1. The van der Waals surface area contributed by atoms with E-state index in [0.717, 1.165) is 41.4 Å². The van der Waals surface area contributed by atoms with Crippen molar-refractivity contribution in [3.8, 4) is 0 Å². The van der Waals surface area contributed by atoms with Gasteiger partial charge >= 0.3 is 0 Å². The van der Waals surface area contributed by atoms with Gasteiger partial charge in [-0.15, -0.1) is 0 Å². The van der Waals surface area contributed by atoms with Crippen LogP contribution in [0.5, 0.6) is 0 Å². The predicted octanol–water partition coefficient (Wildman–Crippen LogP) is 4.15. The van der Waals surface area contributed by atoms with Gasteiger partial charge in [0.05, 0.1) is 12.9 Å². The SMILES string of the molecule is CCCNCc1ccoc1COCc1cccc(Cl)c1. The second-order valence-corrected chi connectivity index (χ2v) is 5.10. The second kappa shape index (κ2) is 8.10. The molecule has 3 nitrogen and oxygen atoms in total. The minimum atomic E-state index is 0.475. The number of rotatable bonds is 8. The Morgan fingerprint density at radius 1 is 1.25 bits per heavy atom. The predicted molar refractivity (Wildman–Crippen MR) is 80.7 cm³/mol. The molecule has 0 saturated carbocycles. The minimum absolute atomic E-state index is 0.475.